The summed E-state index contributed by atoms with van der Waals surface area (Å²) in [5.74, 6) is 0.903. The Morgan fingerprint density at radius 2 is 0.701 bits per heavy atom. The van der Waals surface area contributed by atoms with Gasteiger partial charge >= 0.3 is 0 Å². The van der Waals surface area contributed by atoms with Gasteiger partial charge in [-0.25, -0.2) is 0 Å². The van der Waals surface area contributed by atoms with Crippen LogP contribution in [0, 0.1) is 71.0 Å². The fourth-order valence-electron chi connectivity index (χ4n) is 9.99. The Hall–Kier alpha value is -9.21. The van der Waals surface area contributed by atoms with Crippen molar-refractivity contribution in [2.75, 3.05) is 0 Å². The first-order valence-corrected chi connectivity index (χ1v) is 31.2. The van der Waals surface area contributed by atoms with Crippen LogP contribution < -0.4 is 0 Å². The van der Waals surface area contributed by atoms with Gasteiger partial charge in [0.05, 0.1) is 12.5 Å². The Morgan fingerprint density at radius 1 is 0.330 bits per heavy atom. The maximum atomic E-state index is 5.65. The Kier molecular flexibility index (Phi) is 27.7. The van der Waals surface area contributed by atoms with E-state index in [-0.39, 0.29) is 71.1 Å². The number of benzene rings is 6. The van der Waals surface area contributed by atoms with Gasteiger partial charge in [0.1, 0.15) is 22.5 Å². The van der Waals surface area contributed by atoms with Gasteiger partial charge in [0.25, 0.3) is 0 Å². The molecule has 15 rings (SSSR count). The third kappa shape index (κ3) is 20.9. The second-order valence-electron chi connectivity index (χ2n) is 24.5. The van der Waals surface area contributed by atoms with Crippen molar-refractivity contribution in [3.8, 4) is 67.5 Å². The monoisotopic (exact) mass is 1810 g/mol. The second-order valence-corrected chi connectivity index (χ2v) is 24.5. The number of furan rings is 3. The molecule has 12 heteroatoms. The maximum Gasteiger partial charge on any atom is 0.128 e. The van der Waals surface area contributed by atoms with Crippen molar-refractivity contribution in [1.29, 1.82) is 0 Å². The van der Waals surface area contributed by atoms with Crippen LogP contribution in [0.25, 0.3) is 100 Å². The van der Waals surface area contributed by atoms with Crippen LogP contribution in [0.4, 0.5) is 0 Å². The van der Waals surface area contributed by atoms with Gasteiger partial charge in [-0.05, 0) is 127 Å². The average molecular weight is 1800 g/mol. The summed E-state index contributed by atoms with van der Waals surface area (Å²) in [6.07, 6.45) is 8.69. The summed E-state index contributed by atoms with van der Waals surface area (Å²) in [6.45, 7) is 23.2. The zero-order valence-electron chi connectivity index (χ0n) is 56.1. The molecule has 0 bridgehead atoms. The van der Waals surface area contributed by atoms with Crippen LogP contribution in [0.3, 0.4) is 0 Å². The third-order valence-electron chi connectivity index (χ3n) is 15.0. The zero-order valence-corrected chi connectivity index (χ0v) is 63.3. The molecule has 0 spiro atoms. The molecule has 15 aromatic rings. The van der Waals surface area contributed by atoms with E-state index >= 15 is 0 Å². The number of pyridine rings is 6. The van der Waals surface area contributed by atoms with Crippen LogP contribution in [0.2, 0.25) is 0 Å². The first-order chi connectivity index (χ1) is 45.4. The predicted octanol–water partition coefficient (Wildman–Crippen LogP) is 21.7. The number of aryl methyl sites for hydroxylation is 5. The van der Waals surface area contributed by atoms with Gasteiger partial charge in [-0.1, -0.05) is 84.9 Å². The largest absolute Gasteiger partial charge is 0.465 e. The van der Waals surface area contributed by atoms with E-state index in [2.05, 4.69) is 150 Å². The van der Waals surface area contributed by atoms with Crippen molar-refractivity contribution >= 4 is 32.9 Å². The minimum atomic E-state index is 0. The van der Waals surface area contributed by atoms with Gasteiger partial charge in [-0.15, -0.1) is 214 Å². The van der Waals surface area contributed by atoms with Gasteiger partial charge in [-0.2, -0.15) is 0 Å². The van der Waals surface area contributed by atoms with E-state index in [4.69, 9.17) is 13.3 Å². The molecule has 0 atom stereocenters. The molecule has 0 aliphatic rings. The molecule has 0 unspecified atom stereocenters. The molecule has 0 amide bonds. The molecule has 0 N–H and O–H groups in total. The topological polar surface area (TPSA) is 117 Å². The Morgan fingerprint density at radius 3 is 1.03 bits per heavy atom. The molecule has 0 aliphatic heterocycles. The first kappa shape index (κ1) is 75.2. The Bertz CT molecular complexity index is 4660. The molecule has 6 aromatic carbocycles. The molecular weight excluding hydrogens is 1730 g/mol. The van der Waals surface area contributed by atoms with Gasteiger partial charge in [0, 0.05) is 112 Å². The fraction of sp³-hybridized carbons (Fsp3) is 0.153. The number of fused-ring (bicyclic) bond motifs is 3. The molecule has 9 heterocycles. The molecule has 0 saturated heterocycles. The summed E-state index contributed by atoms with van der Waals surface area (Å²) < 4.78 is 16.4. The number of aromatic nitrogens is 6. The SMILES string of the molecule is CC(C)(C)c1c[c-]c(-c2nccc3occc23)cc1.Cc1c[c-]c(-c2nccc3occc23)cc1.Cc1cc2c(-c3[c-]cc(C(C)(C)C)cc3)nccc2o1.Cc1cccc(-c2[c-]cccc2)n1.Cc1cccc(-c2[c-]cccc2)n1.Cc1cccc(-c2[c-]cccc2)n1.[Ir].[Ir].[Ir]. The number of hydrogen-bond acceptors (Lipinski definition) is 9. The molecule has 0 aliphatic carbocycles. The maximum absolute atomic E-state index is 5.65. The smallest absolute Gasteiger partial charge is 0.128 e. The van der Waals surface area contributed by atoms with E-state index in [1.807, 2.05) is 211 Å². The molecule has 0 fully saturated rings. The van der Waals surface area contributed by atoms with Crippen molar-refractivity contribution in [2.45, 2.75) is 87.0 Å². The van der Waals surface area contributed by atoms with Crippen LogP contribution >= 0.6 is 0 Å². The fourth-order valence-corrected chi connectivity index (χ4v) is 9.99. The van der Waals surface area contributed by atoms with Crippen molar-refractivity contribution in [1.82, 2.24) is 29.9 Å². The van der Waals surface area contributed by atoms with E-state index in [9.17, 15) is 0 Å². The van der Waals surface area contributed by atoms with Crippen molar-refractivity contribution in [3.05, 3.63) is 325 Å². The number of nitrogens with zero attached hydrogens (tertiary/aromatic N) is 6. The summed E-state index contributed by atoms with van der Waals surface area (Å²) in [5.41, 5.74) is 21.6. The minimum Gasteiger partial charge on any atom is -0.465 e. The summed E-state index contributed by atoms with van der Waals surface area (Å²) in [4.78, 5) is 26.6. The van der Waals surface area contributed by atoms with Gasteiger partial charge in [0.2, 0.25) is 0 Å². The van der Waals surface area contributed by atoms with Gasteiger partial charge in [0.15, 0.2) is 0 Å². The quantitative estimate of drug-likeness (QED) is 0.150. The van der Waals surface area contributed by atoms with Crippen molar-refractivity contribution < 1.29 is 73.6 Å². The standard InChI is InChI=1S/C18H18NO.C17H16NO.C14H10NO.3C12H10N.3Ir/c1-12-11-15-16(20-12)9-10-19-17(15)13-5-7-14(8-6-13)18(2,3)4;1-17(2,3)13-6-4-12(5-7-13)16-14-9-11-19-15(14)8-10-18-16;1-10-2-4-11(5-3-10)14-12-7-9-16-13(12)6-8-15-14;3*1-10-6-5-9-12(13-10)11-7-3-2-4-8-11;;;/h5,7-11H,1-4H3;4,6-11H,1-3H3;2-4,6-9H,1H3;3*2-7,9H,1H3;;;/q6*-1;;;. The molecule has 9 aromatic heterocycles. The van der Waals surface area contributed by atoms with Crippen LogP contribution in [-0.2, 0) is 71.1 Å². The molecule has 495 valence electrons. The average Bonchev–Trinajstić information content (AvgIpc) is 1.77. The second kappa shape index (κ2) is 35.7. The first-order valence-electron chi connectivity index (χ1n) is 31.2. The number of rotatable bonds is 6. The van der Waals surface area contributed by atoms with Gasteiger partial charge in [-0.3, -0.25) is 0 Å². The summed E-state index contributed by atoms with van der Waals surface area (Å²) in [5, 5.41) is 3.11. The van der Waals surface area contributed by atoms with Crippen LogP contribution in [-0.4, -0.2) is 29.9 Å². The predicted molar refractivity (Wildman–Crippen MR) is 381 cm³/mol. The summed E-state index contributed by atoms with van der Waals surface area (Å²) in [6, 6.07) is 91.2. The van der Waals surface area contributed by atoms with E-state index in [1.165, 1.54) is 16.7 Å². The Labute approximate surface area is 611 Å². The minimum absolute atomic E-state index is 0. The van der Waals surface area contributed by atoms with E-state index in [0.29, 0.717) is 0 Å². The van der Waals surface area contributed by atoms with E-state index in [0.717, 1.165) is 123 Å². The molecule has 3 radical (unpaired) electrons. The summed E-state index contributed by atoms with van der Waals surface area (Å²) in [7, 11) is 0. The van der Waals surface area contributed by atoms with Crippen LogP contribution in [0.15, 0.2) is 263 Å². The van der Waals surface area contributed by atoms with Crippen molar-refractivity contribution in [2.24, 2.45) is 0 Å². The van der Waals surface area contributed by atoms with E-state index < -0.39 is 0 Å². The third-order valence-corrected chi connectivity index (χ3v) is 15.0. The molecular formula is C85H74Ir3N6O3-6. The summed E-state index contributed by atoms with van der Waals surface area (Å²) >= 11 is 0. The Balaban J connectivity index is 0.000000164. The van der Waals surface area contributed by atoms with Gasteiger partial charge < -0.3 is 43.2 Å². The molecule has 97 heavy (non-hydrogen) atoms. The molecule has 9 nitrogen and oxygen atoms in total. The normalized spacial score (nSPS) is 10.6. The van der Waals surface area contributed by atoms with E-state index in [1.54, 1.807) is 31.1 Å². The van der Waals surface area contributed by atoms with Crippen LogP contribution in [0.5, 0.6) is 0 Å². The number of hydrogen-bond donors (Lipinski definition) is 0. The van der Waals surface area contributed by atoms with Crippen LogP contribution in [0.1, 0.15) is 81.1 Å². The zero-order chi connectivity index (χ0) is 66.0. The van der Waals surface area contributed by atoms with Crippen molar-refractivity contribution in [3.63, 3.8) is 0 Å². The molecule has 0 saturated carbocycles.